The predicted molar refractivity (Wildman–Crippen MR) is 71.7 cm³/mol. The van der Waals surface area contributed by atoms with Crippen molar-refractivity contribution < 1.29 is 0 Å². The molecule has 1 aromatic rings. The summed E-state index contributed by atoms with van der Waals surface area (Å²) in [7, 11) is 2.14. The average molecular weight is 304 g/mol. The van der Waals surface area contributed by atoms with Gasteiger partial charge in [0, 0.05) is 28.1 Å². The first kappa shape index (κ1) is 12.4. The fourth-order valence-electron chi connectivity index (χ4n) is 2.02. The summed E-state index contributed by atoms with van der Waals surface area (Å²) < 4.78 is 1.08. The molecule has 0 saturated heterocycles. The Morgan fingerprint density at radius 1 is 1.56 bits per heavy atom. The summed E-state index contributed by atoms with van der Waals surface area (Å²) >= 11 is 9.61. The van der Waals surface area contributed by atoms with Crippen molar-refractivity contribution in [3.8, 4) is 0 Å². The van der Waals surface area contributed by atoms with Gasteiger partial charge in [-0.1, -0.05) is 27.5 Å². The third kappa shape index (κ3) is 2.59. The lowest BCUT2D eigenvalue weighted by Crippen LogP contribution is -2.32. The first-order valence-corrected chi connectivity index (χ1v) is 6.67. The van der Waals surface area contributed by atoms with Crippen LogP contribution in [0.3, 0.4) is 0 Å². The second kappa shape index (κ2) is 5.05. The van der Waals surface area contributed by atoms with Crippen LogP contribution in [0.2, 0.25) is 5.02 Å². The van der Waals surface area contributed by atoms with Gasteiger partial charge in [0.1, 0.15) is 0 Å². The molecule has 2 rings (SSSR count). The number of nitrogens with two attached hydrogens (primary N) is 1. The Bertz CT molecular complexity index is 379. The summed E-state index contributed by atoms with van der Waals surface area (Å²) in [4.78, 5) is 2.36. The van der Waals surface area contributed by atoms with Crippen LogP contribution in [-0.4, -0.2) is 24.5 Å². The molecule has 0 aromatic heterocycles. The molecule has 1 aromatic carbocycles. The molecule has 1 atom stereocenters. The quantitative estimate of drug-likeness (QED) is 0.925. The predicted octanol–water partition coefficient (Wildman–Crippen LogP) is 3.20. The first-order valence-electron chi connectivity index (χ1n) is 5.50. The molecular formula is C12H16BrClN2. The van der Waals surface area contributed by atoms with Gasteiger partial charge in [-0.25, -0.2) is 0 Å². The third-order valence-corrected chi connectivity index (χ3v) is 4.11. The van der Waals surface area contributed by atoms with Crippen LogP contribution in [0.4, 0.5) is 0 Å². The lowest BCUT2D eigenvalue weighted by molar-refractivity contribution is 0.239. The zero-order valence-corrected chi connectivity index (χ0v) is 11.6. The Hall–Kier alpha value is -0.0900. The monoisotopic (exact) mass is 302 g/mol. The SMILES string of the molecule is CN(C1CC1)C(CN)c1cc(Cl)ccc1Br. The molecule has 1 saturated carbocycles. The van der Waals surface area contributed by atoms with Crippen molar-refractivity contribution in [3.63, 3.8) is 0 Å². The maximum atomic E-state index is 6.04. The van der Waals surface area contributed by atoms with Crippen LogP contribution in [-0.2, 0) is 0 Å². The maximum absolute atomic E-state index is 6.04. The van der Waals surface area contributed by atoms with E-state index < -0.39 is 0 Å². The summed E-state index contributed by atoms with van der Waals surface area (Å²) in [5.74, 6) is 0. The van der Waals surface area contributed by atoms with E-state index >= 15 is 0 Å². The number of rotatable bonds is 4. The molecule has 0 heterocycles. The Labute approximate surface area is 110 Å². The van der Waals surface area contributed by atoms with Crippen molar-refractivity contribution in [1.29, 1.82) is 0 Å². The molecule has 1 fully saturated rings. The van der Waals surface area contributed by atoms with E-state index in [0.29, 0.717) is 12.6 Å². The number of likely N-dealkylation sites (N-methyl/N-ethyl adjacent to an activating group) is 1. The smallest absolute Gasteiger partial charge is 0.0482 e. The molecule has 4 heteroatoms. The van der Waals surface area contributed by atoms with E-state index in [2.05, 4.69) is 27.9 Å². The highest BCUT2D eigenvalue weighted by atomic mass is 79.9. The minimum Gasteiger partial charge on any atom is -0.329 e. The van der Waals surface area contributed by atoms with Gasteiger partial charge < -0.3 is 5.73 Å². The van der Waals surface area contributed by atoms with E-state index in [-0.39, 0.29) is 6.04 Å². The highest BCUT2D eigenvalue weighted by Crippen LogP contribution is 2.35. The summed E-state index contributed by atoms with van der Waals surface area (Å²) in [6, 6.07) is 6.82. The maximum Gasteiger partial charge on any atom is 0.0482 e. The van der Waals surface area contributed by atoms with Crippen LogP contribution in [0.25, 0.3) is 0 Å². The van der Waals surface area contributed by atoms with Gasteiger partial charge in [-0.2, -0.15) is 0 Å². The summed E-state index contributed by atoms with van der Waals surface area (Å²) in [6.45, 7) is 0.617. The number of halogens is 2. The van der Waals surface area contributed by atoms with Gasteiger partial charge in [-0.15, -0.1) is 0 Å². The van der Waals surface area contributed by atoms with E-state index in [9.17, 15) is 0 Å². The van der Waals surface area contributed by atoms with Crippen LogP contribution in [0, 0.1) is 0 Å². The van der Waals surface area contributed by atoms with Gasteiger partial charge >= 0.3 is 0 Å². The summed E-state index contributed by atoms with van der Waals surface area (Å²) in [5, 5.41) is 0.765. The standard InChI is InChI=1S/C12H16BrClN2/c1-16(9-3-4-9)12(7-15)10-6-8(14)2-5-11(10)13/h2,5-6,9,12H,3-4,7,15H2,1H3. The molecule has 0 spiro atoms. The molecule has 2 N–H and O–H groups in total. The molecule has 1 aliphatic rings. The molecule has 0 amide bonds. The first-order chi connectivity index (χ1) is 7.63. The van der Waals surface area contributed by atoms with Gasteiger partial charge in [-0.3, -0.25) is 4.90 Å². The highest BCUT2D eigenvalue weighted by Gasteiger charge is 2.31. The molecule has 0 radical (unpaired) electrons. The van der Waals surface area contributed by atoms with Crippen LogP contribution in [0.5, 0.6) is 0 Å². The second-order valence-corrected chi connectivity index (χ2v) is 5.60. The number of hydrogen-bond acceptors (Lipinski definition) is 2. The Morgan fingerprint density at radius 2 is 2.25 bits per heavy atom. The lowest BCUT2D eigenvalue weighted by Gasteiger charge is -2.28. The molecular weight excluding hydrogens is 288 g/mol. The second-order valence-electron chi connectivity index (χ2n) is 4.31. The van der Waals surface area contributed by atoms with E-state index in [4.69, 9.17) is 17.3 Å². The fraction of sp³-hybridized carbons (Fsp3) is 0.500. The zero-order chi connectivity index (χ0) is 11.7. The van der Waals surface area contributed by atoms with Gasteiger partial charge in [0.25, 0.3) is 0 Å². The number of hydrogen-bond donors (Lipinski definition) is 1. The molecule has 16 heavy (non-hydrogen) atoms. The van der Waals surface area contributed by atoms with Crippen LogP contribution < -0.4 is 5.73 Å². The van der Waals surface area contributed by atoms with Gasteiger partial charge in [0.2, 0.25) is 0 Å². The fourth-order valence-corrected chi connectivity index (χ4v) is 2.71. The minimum atomic E-state index is 0.251. The summed E-state index contributed by atoms with van der Waals surface area (Å²) in [6.07, 6.45) is 2.57. The molecule has 1 unspecified atom stereocenters. The number of nitrogens with zero attached hydrogens (tertiary/aromatic N) is 1. The van der Waals surface area contributed by atoms with Crippen molar-refractivity contribution in [1.82, 2.24) is 4.90 Å². The van der Waals surface area contributed by atoms with Gasteiger partial charge in [-0.05, 0) is 43.7 Å². The van der Waals surface area contributed by atoms with Crippen molar-refractivity contribution >= 4 is 27.5 Å². The van der Waals surface area contributed by atoms with Crippen LogP contribution >= 0.6 is 27.5 Å². The molecule has 0 bridgehead atoms. The summed E-state index contributed by atoms with van der Waals surface area (Å²) in [5.41, 5.74) is 7.07. The third-order valence-electron chi connectivity index (χ3n) is 3.15. The topological polar surface area (TPSA) is 29.3 Å². The van der Waals surface area contributed by atoms with E-state index in [1.165, 1.54) is 18.4 Å². The molecule has 88 valence electrons. The lowest BCUT2D eigenvalue weighted by atomic mass is 10.1. The van der Waals surface area contributed by atoms with Crippen molar-refractivity contribution in [2.45, 2.75) is 24.9 Å². The largest absolute Gasteiger partial charge is 0.329 e. The van der Waals surface area contributed by atoms with Crippen molar-refractivity contribution in [2.75, 3.05) is 13.6 Å². The normalized spacial score (nSPS) is 17.8. The Balaban J connectivity index is 2.27. The van der Waals surface area contributed by atoms with E-state index in [1.807, 2.05) is 18.2 Å². The van der Waals surface area contributed by atoms with Crippen molar-refractivity contribution in [3.05, 3.63) is 33.3 Å². The van der Waals surface area contributed by atoms with E-state index in [1.54, 1.807) is 0 Å². The molecule has 0 aliphatic heterocycles. The van der Waals surface area contributed by atoms with Gasteiger partial charge in [0.05, 0.1) is 0 Å². The highest BCUT2D eigenvalue weighted by molar-refractivity contribution is 9.10. The van der Waals surface area contributed by atoms with Crippen molar-refractivity contribution in [2.24, 2.45) is 5.73 Å². The van der Waals surface area contributed by atoms with Crippen LogP contribution in [0.1, 0.15) is 24.4 Å². The van der Waals surface area contributed by atoms with Gasteiger partial charge in [0.15, 0.2) is 0 Å². The molecule has 1 aliphatic carbocycles. The minimum absolute atomic E-state index is 0.251. The Morgan fingerprint density at radius 3 is 2.81 bits per heavy atom. The zero-order valence-electron chi connectivity index (χ0n) is 9.29. The average Bonchev–Trinajstić information content (AvgIpc) is 3.07. The Kier molecular flexibility index (Phi) is 3.90. The van der Waals surface area contributed by atoms with Crippen LogP contribution in [0.15, 0.2) is 22.7 Å². The molecule has 2 nitrogen and oxygen atoms in total. The van der Waals surface area contributed by atoms with E-state index in [0.717, 1.165) is 9.50 Å². The number of benzene rings is 1.